The van der Waals surface area contributed by atoms with Crippen LogP contribution in [0.5, 0.6) is 0 Å². The van der Waals surface area contributed by atoms with Gasteiger partial charge in [0, 0.05) is 30.2 Å². The van der Waals surface area contributed by atoms with Crippen molar-refractivity contribution in [1.82, 2.24) is 9.97 Å². The van der Waals surface area contributed by atoms with E-state index in [1.807, 2.05) is 61.9 Å². The fourth-order valence-electron chi connectivity index (χ4n) is 2.32. The summed E-state index contributed by atoms with van der Waals surface area (Å²) in [6.07, 6.45) is 3.62. The Morgan fingerprint density at radius 1 is 0.682 bits per heavy atom. The van der Waals surface area contributed by atoms with E-state index >= 15 is 0 Å². The lowest BCUT2D eigenvalue weighted by Crippen LogP contribution is -1.90. The molecule has 0 unspecified atom stereocenters. The number of hydrogen-bond donors (Lipinski definition) is 1. The summed E-state index contributed by atoms with van der Waals surface area (Å²) in [6.45, 7) is 0. The smallest absolute Gasteiger partial charge is 0.0933 e. The van der Waals surface area contributed by atoms with Crippen molar-refractivity contribution in [2.75, 3.05) is 12.4 Å². The highest BCUT2D eigenvalue weighted by Crippen LogP contribution is 2.19. The second-order valence-corrected chi connectivity index (χ2v) is 4.83. The van der Waals surface area contributed by atoms with E-state index in [0.29, 0.717) is 0 Å². The van der Waals surface area contributed by atoms with Crippen LogP contribution >= 0.6 is 0 Å². The molecule has 0 fully saturated rings. The molecular formula is C19H17N3. The SMILES string of the molecule is CNc1cccc2cccnc12.c1ccc2ncccc2c1. The van der Waals surface area contributed by atoms with Gasteiger partial charge in [0.1, 0.15) is 0 Å². The van der Waals surface area contributed by atoms with Gasteiger partial charge in [-0.15, -0.1) is 0 Å². The van der Waals surface area contributed by atoms with Crippen LogP contribution in [0.1, 0.15) is 0 Å². The average molecular weight is 287 g/mol. The molecule has 22 heavy (non-hydrogen) atoms. The third kappa shape index (κ3) is 3.04. The molecule has 2 heterocycles. The molecule has 0 aliphatic carbocycles. The largest absolute Gasteiger partial charge is 0.386 e. The Labute approximate surface area is 129 Å². The molecule has 4 aromatic rings. The van der Waals surface area contributed by atoms with Gasteiger partial charge >= 0.3 is 0 Å². The van der Waals surface area contributed by atoms with Crippen LogP contribution in [-0.2, 0) is 0 Å². The fraction of sp³-hybridized carbons (Fsp3) is 0.0526. The number of para-hydroxylation sites is 2. The van der Waals surface area contributed by atoms with Gasteiger partial charge in [-0.1, -0.05) is 42.5 Å². The van der Waals surface area contributed by atoms with Crippen molar-refractivity contribution in [2.24, 2.45) is 0 Å². The maximum atomic E-state index is 4.29. The molecular weight excluding hydrogens is 270 g/mol. The van der Waals surface area contributed by atoms with E-state index in [4.69, 9.17) is 0 Å². The quantitative estimate of drug-likeness (QED) is 0.559. The number of pyridine rings is 2. The normalized spacial score (nSPS) is 10.0. The molecule has 3 nitrogen and oxygen atoms in total. The molecule has 0 saturated heterocycles. The summed E-state index contributed by atoms with van der Waals surface area (Å²) in [5.74, 6) is 0. The molecule has 2 aromatic heterocycles. The minimum atomic E-state index is 1.03. The summed E-state index contributed by atoms with van der Waals surface area (Å²) in [5.41, 5.74) is 3.17. The molecule has 0 aliphatic heterocycles. The van der Waals surface area contributed by atoms with E-state index in [0.717, 1.165) is 16.7 Å². The first kappa shape index (κ1) is 14.0. The van der Waals surface area contributed by atoms with Crippen LogP contribution in [0.4, 0.5) is 5.69 Å². The molecule has 0 atom stereocenters. The summed E-state index contributed by atoms with van der Waals surface area (Å²) < 4.78 is 0. The van der Waals surface area contributed by atoms with Crippen LogP contribution in [-0.4, -0.2) is 17.0 Å². The standard InChI is InChI=1S/C10H10N2.C9H7N/c1-11-9-6-2-4-8-5-3-7-12-10(8)9;1-2-6-9-8(4-1)5-3-7-10-9/h2-7,11H,1H3;1-7H. The third-order valence-corrected chi connectivity index (χ3v) is 3.41. The summed E-state index contributed by atoms with van der Waals surface area (Å²) in [5, 5.41) is 5.48. The lowest BCUT2D eigenvalue weighted by atomic mass is 10.2. The zero-order chi connectivity index (χ0) is 15.2. The number of nitrogens with zero attached hydrogens (tertiary/aromatic N) is 2. The molecule has 0 aliphatic rings. The number of aromatic nitrogens is 2. The predicted octanol–water partition coefficient (Wildman–Crippen LogP) is 4.51. The first-order chi connectivity index (χ1) is 10.9. The molecule has 4 rings (SSSR count). The average Bonchev–Trinajstić information content (AvgIpc) is 2.62. The Bertz CT molecular complexity index is 817. The Morgan fingerprint density at radius 2 is 1.36 bits per heavy atom. The molecule has 2 aromatic carbocycles. The van der Waals surface area contributed by atoms with Gasteiger partial charge < -0.3 is 5.32 Å². The number of benzene rings is 2. The summed E-state index contributed by atoms with van der Waals surface area (Å²) in [4.78, 5) is 8.47. The number of hydrogen-bond acceptors (Lipinski definition) is 3. The van der Waals surface area contributed by atoms with E-state index < -0.39 is 0 Å². The highest BCUT2D eigenvalue weighted by molar-refractivity contribution is 5.89. The summed E-state index contributed by atoms with van der Waals surface area (Å²) in [6, 6.07) is 22.2. The maximum absolute atomic E-state index is 4.29. The fourth-order valence-corrected chi connectivity index (χ4v) is 2.32. The van der Waals surface area contributed by atoms with Crippen molar-refractivity contribution < 1.29 is 0 Å². The number of rotatable bonds is 1. The van der Waals surface area contributed by atoms with Gasteiger partial charge in [-0.3, -0.25) is 9.97 Å². The van der Waals surface area contributed by atoms with Gasteiger partial charge in [0.25, 0.3) is 0 Å². The van der Waals surface area contributed by atoms with E-state index in [1.165, 1.54) is 10.8 Å². The molecule has 0 saturated carbocycles. The predicted molar refractivity (Wildman–Crippen MR) is 93.0 cm³/mol. The van der Waals surface area contributed by atoms with Gasteiger partial charge in [0.2, 0.25) is 0 Å². The van der Waals surface area contributed by atoms with E-state index in [1.54, 1.807) is 0 Å². The van der Waals surface area contributed by atoms with Crippen LogP contribution in [0.3, 0.4) is 0 Å². The van der Waals surface area contributed by atoms with Gasteiger partial charge in [0.15, 0.2) is 0 Å². The Morgan fingerprint density at radius 3 is 2.18 bits per heavy atom. The lowest BCUT2D eigenvalue weighted by molar-refractivity contribution is 1.39. The van der Waals surface area contributed by atoms with Gasteiger partial charge in [-0.25, -0.2) is 0 Å². The van der Waals surface area contributed by atoms with E-state index in [2.05, 4.69) is 39.6 Å². The van der Waals surface area contributed by atoms with Crippen molar-refractivity contribution in [3.05, 3.63) is 79.1 Å². The molecule has 108 valence electrons. The van der Waals surface area contributed by atoms with Crippen molar-refractivity contribution >= 4 is 27.5 Å². The van der Waals surface area contributed by atoms with Crippen molar-refractivity contribution in [3.8, 4) is 0 Å². The summed E-state index contributed by atoms with van der Waals surface area (Å²) in [7, 11) is 1.91. The Balaban J connectivity index is 0.000000133. The number of anilines is 1. The highest BCUT2D eigenvalue weighted by atomic mass is 14.8. The lowest BCUT2D eigenvalue weighted by Gasteiger charge is -2.02. The van der Waals surface area contributed by atoms with Gasteiger partial charge in [0.05, 0.1) is 16.7 Å². The van der Waals surface area contributed by atoms with Crippen LogP contribution < -0.4 is 5.32 Å². The first-order valence-electron chi connectivity index (χ1n) is 7.20. The van der Waals surface area contributed by atoms with Crippen molar-refractivity contribution in [1.29, 1.82) is 0 Å². The first-order valence-corrected chi connectivity index (χ1v) is 7.20. The monoisotopic (exact) mass is 287 g/mol. The minimum Gasteiger partial charge on any atom is -0.386 e. The zero-order valence-electron chi connectivity index (χ0n) is 12.4. The molecule has 0 radical (unpaired) electrons. The highest BCUT2D eigenvalue weighted by Gasteiger charge is 1.96. The molecule has 3 heteroatoms. The zero-order valence-corrected chi connectivity index (χ0v) is 12.4. The minimum absolute atomic E-state index is 1.03. The van der Waals surface area contributed by atoms with Crippen LogP contribution in [0.2, 0.25) is 0 Å². The van der Waals surface area contributed by atoms with Gasteiger partial charge in [-0.2, -0.15) is 0 Å². The van der Waals surface area contributed by atoms with Crippen molar-refractivity contribution in [3.63, 3.8) is 0 Å². The number of fused-ring (bicyclic) bond motifs is 2. The van der Waals surface area contributed by atoms with Gasteiger partial charge in [-0.05, 0) is 24.3 Å². The molecule has 1 N–H and O–H groups in total. The Kier molecular flexibility index (Phi) is 4.25. The second kappa shape index (κ2) is 6.68. The second-order valence-electron chi connectivity index (χ2n) is 4.83. The van der Waals surface area contributed by atoms with E-state index in [-0.39, 0.29) is 0 Å². The third-order valence-electron chi connectivity index (χ3n) is 3.41. The maximum Gasteiger partial charge on any atom is 0.0933 e. The van der Waals surface area contributed by atoms with Crippen molar-refractivity contribution in [2.45, 2.75) is 0 Å². The molecule has 0 spiro atoms. The molecule has 0 bridgehead atoms. The molecule has 0 amide bonds. The van der Waals surface area contributed by atoms with Crippen LogP contribution in [0, 0.1) is 0 Å². The number of nitrogens with one attached hydrogen (secondary N) is 1. The van der Waals surface area contributed by atoms with E-state index in [9.17, 15) is 0 Å². The van der Waals surface area contributed by atoms with Crippen LogP contribution in [0.25, 0.3) is 21.8 Å². The Hall–Kier alpha value is -2.94. The summed E-state index contributed by atoms with van der Waals surface area (Å²) >= 11 is 0. The van der Waals surface area contributed by atoms with Crippen LogP contribution in [0.15, 0.2) is 79.1 Å². The topological polar surface area (TPSA) is 37.8 Å².